The summed E-state index contributed by atoms with van der Waals surface area (Å²) in [6.07, 6.45) is 3.55. The molecule has 0 unspecified atom stereocenters. The molecule has 1 aromatic heterocycles. The predicted octanol–water partition coefficient (Wildman–Crippen LogP) is 1.78. The third-order valence-electron chi connectivity index (χ3n) is 4.05. The standard InChI is InChI=1S/C15H24N4O/c1-11(2)19-9-6-15(4,7-10-19)18-14(20)13-16-8-5-12(3)17-13/h5,8,11H,6-7,9-10H2,1-4H3,(H,18,20). The van der Waals surface area contributed by atoms with Gasteiger partial charge in [-0.05, 0) is 46.6 Å². The maximum atomic E-state index is 12.2. The van der Waals surface area contributed by atoms with Crippen molar-refractivity contribution in [2.24, 2.45) is 0 Å². The molecule has 2 heterocycles. The SMILES string of the molecule is Cc1ccnc(C(=O)NC2(C)CCN(C(C)C)CC2)n1. The van der Waals surface area contributed by atoms with Crippen molar-refractivity contribution in [3.8, 4) is 0 Å². The van der Waals surface area contributed by atoms with Crippen LogP contribution >= 0.6 is 0 Å². The minimum atomic E-state index is -0.172. The van der Waals surface area contributed by atoms with Crippen molar-refractivity contribution in [2.75, 3.05) is 13.1 Å². The van der Waals surface area contributed by atoms with Gasteiger partial charge in [0.15, 0.2) is 0 Å². The molecule has 0 aliphatic carbocycles. The van der Waals surface area contributed by atoms with Crippen LogP contribution in [-0.4, -0.2) is 45.4 Å². The van der Waals surface area contributed by atoms with E-state index in [4.69, 9.17) is 0 Å². The Labute approximate surface area is 120 Å². The van der Waals surface area contributed by atoms with Crippen molar-refractivity contribution in [1.29, 1.82) is 0 Å². The van der Waals surface area contributed by atoms with E-state index in [2.05, 4.69) is 41.0 Å². The van der Waals surface area contributed by atoms with Crippen LogP contribution in [0.5, 0.6) is 0 Å². The highest BCUT2D eigenvalue weighted by Gasteiger charge is 2.32. The Morgan fingerprint density at radius 3 is 2.60 bits per heavy atom. The van der Waals surface area contributed by atoms with Gasteiger partial charge in [-0.15, -0.1) is 0 Å². The first-order valence-corrected chi connectivity index (χ1v) is 7.26. The van der Waals surface area contributed by atoms with Crippen LogP contribution in [0.1, 0.15) is 49.9 Å². The summed E-state index contributed by atoms with van der Waals surface area (Å²) in [6, 6.07) is 2.36. The van der Waals surface area contributed by atoms with Gasteiger partial charge in [-0.2, -0.15) is 0 Å². The molecule has 20 heavy (non-hydrogen) atoms. The summed E-state index contributed by atoms with van der Waals surface area (Å²) < 4.78 is 0. The van der Waals surface area contributed by atoms with E-state index in [1.165, 1.54) is 0 Å². The van der Waals surface area contributed by atoms with Crippen LogP contribution in [-0.2, 0) is 0 Å². The predicted molar refractivity (Wildman–Crippen MR) is 78.6 cm³/mol. The molecule has 2 rings (SSSR count). The van der Waals surface area contributed by atoms with Gasteiger partial charge in [-0.1, -0.05) is 0 Å². The van der Waals surface area contributed by atoms with E-state index in [0.29, 0.717) is 6.04 Å². The van der Waals surface area contributed by atoms with Crippen LogP contribution in [0.4, 0.5) is 0 Å². The first kappa shape index (κ1) is 14.9. The second-order valence-corrected chi connectivity index (χ2v) is 6.17. The maximum Gasteiger partial charge on any atom is 0.289 e. The summed E-state index contributed by atoms with van der Waals surface area (Å²) in [7, 11) is 0. The number of nitrogens with one attached hydrogen (secondary N) is 1. The average Bonchev–Trinajstić information content (AvgIpc) is 2.38. The topological polar surface area (TPSA) is 58.1 Å². The Morgan fingerprint density at radius 1 is 1.40 bits per heavy atom. The number of hydrogen-bond acceptors (Lipinski definition) is 4. The highest BCUT2D eigenvalue weighted by molar-refractivity contribution is 5.90. The number of aromatic nitrogens is 2. The lowest BCUT2D eigenvalue weighted by atomic mass is 9.89. The van der Waals surface area contributed by atoms with Gasteiger partial charge in [-0.3, -0.25) is 4.79 Å². The molecular formula is C15H24N4O. The van der Waals surface area contributed by atoms with Crippen LogP contribution in [0.25, 0.3) is 0 Å². The molecule has 5 nitrogen and oxygen atoms in total. The third-order valence-corrected chi connectivity index (χ3v) is 4.05. The summed E-state index contributed by atoms with van der Waals surface area (Å²) in [4.78, 5) is 22.9. The van der Waals surface area contributed by atoms with Gasteiger partial charge in [0.05, 0.1) is 0 Å². The van der Waals surface area contributed by atoms with Crippen molar-refractivity contribution in [1.82, 2.24) is 20.2 Å². The van der Waals surface area contributed by atoms with Crippen LogP contribution < -0.4 is 5.32 Å². The summed E-state index contributed by atoms with van der Waals surface area (Å²) in [5, 5.41) is 3.11. The molecule has 0 aromatic carbocycles. The fourth-order valence-electron chi connectivity index (χ4n) is 2.55. The number of nitrogens with zero attached hydrogens (tertiary/aromatic N) is 3. The monoisotopic (exact) mass is 276 g/mol. The molecule has 1 aliphatic rings. The van der Waals surface area contributed by atoms with Crippen LogP contribution in [0.15, 0.2) is 12.3 Å². The zero-order chi connectivity index (χ0) is 14.8. The number of carbonyl (C=O) groups excluding carboxylic acids is 1. The molecule has 0 radical (unpaired) electrons. The number of hydrogen-bond donors (Lipinski definition) is 1. The fraction of sp³-hybridized carbons (Fsp3) is 0.667. The summed E-state index contributed by atoms with van der Waals surface area (Å²) >= 11 is 0. The fourth-order valence-corrected chi connectivity index (χ4v) is 2.55. The Hall–Kier alpha value is -1.49. The highest BCUT2D eigenvalue weighted by Crippen LogP contribution is 2.23. The molecule has 1 fully saturated rings. The van der Waals surface area contributed by atoms with E-state index in [9.17, 15) is 4.79 Å². The molecule has 110 valence electrons. The van der Waals surface area contributed by atoms with E-state index in [0.717, 1.165) is 31.6 Å². The molecule has 0 saturated carbocycles. The molecule has 1 saturated heterocycles. The van der Waals surface area contributed by atoms with E-state index < -0.39 is 0 Å². The average molecular weight is 276 g/mol. The second-order valence-electron chi connectivity index (χ2n) is 6.17. The van der Waals surface area contributed by atoms with Crippen molar-refractivity contribution in [3.05, 3.63) is 23.8 Å². The molecule has 1 amide bonds. The van der Waals surface area contributed by atoms with Crippen LogP contribution in [0.2, 0.25) is 0 Å². The maximum absolute atomic E-state index is 12.2. The largest absolute Gasteiger partial charge is 0.344 e. The number of carbonyl (C=O) groups is 1. The quantitative estimate of drug-likeness (QED) is 0.914. The van der Waals surface area contributed by atoms with Gasteiger partial charge < -0.3 is 10.2 Å². The van der Waals surface area contributed by atoms with Gasteiger partial charge in [0.25, 0.3) is 5.91 Å². The number of aryl methyl sites for hydroxylation is 1. The summed E-state index contributed by atoms with van der Waals surface area (Å²) in [6.45, 7) is 10.4. The molecule has 0 atom stereocenters. The van der Waals surface area contributed by atoms with Crippen molar-refractivity contribution < 1.29 is 4.79 Å². The van der Waals surface area contributed by atoms with Crippen LogP contribution in [0.3, 0.4) is 0 Å². The van der Waals surface area contributed by atoms with Gasteiger partial charge in [0.1, 0.15) is 0 Å². The van der Waals surface area contributed by atoms with Gasteiger partial charge in [0, 0.05) is 36.6 Å². The minimum Gasteiger partial charge on any atom is -0.344 e. The lowest BCUT2D eigenvalue weighted by Gasteiger charge is -2.41. The normalized spacial score (nSPS) is 19.1. The van der Waals surface area contributed by atoms with Crippen LogP contribution in [0, 0.1) is 6.92 Å². The van der Waals surface area contributed by atoms with Gasteiger partial charge in [0.2, 0.25) is 5.82 Å². The first-order chi connectivity index (χ1) is 9.39. The lowest BCUT2D eigenvalue weighted by molar-refractivity contribution is 0.0791. The molecule has 0 bridgehead atoms. The van der Waals surface area contributed by atoms with E-state index in [1.54, 1.807) is 12.3 Å². The number of likely N-dealkylation sites (tertiary alicyclic amines) is 1. The van der Waals surface area contributed by atoms with Gasteiger partial charge in [-0.25, -0.2) is 9.97 Å². The first-order valence-electron chi connectivity index (χ1n) is 7.26. The van der Waals surface area contributed by atoms with Crippen molar-refractivity contribution in [2.45, 2.75) is 52.1 Å². The van der Waals surface area contributed by atoms with E-state index in [1.807, 2.05) is 6.92 Å². The third kappa shape index (κ3) is 3.54. The number of piperidine rings is 1. The summed E-state index contributed by atoms with van der Waals surface area (Å²) in [5.74, 6) is 0.0895. The molecule has 0 spiro atoms. The number of rotatable bonds is 3. The Morgan fingerprint density at radius 2 is 2.05 bits per heavy atom. The summed E-state index contributed by atoms with van der Waals surface area (Å²) in [5.41, 5.74) is 0.653. The minimum absolute atomic E-state index is 0.157. The van der Waals surface area contributed by atoms with Gasteiger partial charge >= 0.3 is 0 Å². The Bertz CT molecular complexity index is 479. The van der Waals surface area contributed by atoms with E-state index in [-0.39, 0.29) is 17.3 Å². The van der Waals surface area contributed by atoms with E-state index >= 15 is 0 Å². The Balaban J connectivity index is 1.98. The molecule has 1 N–H and O–H groups in total. The smallest absolute Gasteiger partial charge is 0.289 e. The Kier molecular flexibility index (Phi) is 4.38. The zero-order valence-corrected chi connectivity index (χ0v) is 12.8. The molecule has 1 aromatic rings. The van der Waals surface area contributed by atoms with Crippen molar-refractivity contribution in [3.63, 3.8) is 0 Å². The second kappa shape index (κ2) is 5.87. The molecular weight excluding hydrogens is 252 g/mol. The molecule has 5 heteroatoms. The zero-order valence-electron chi connectivity index (χ0n) is 12.8. The number of amides is 1. The molecule has 1 aliphatic heterocycles. The highest BCUT2D eigenvalue weighted by atomic mass is 16.2. The lowest BCUT2D eigenvalue weighted by Crippen LogP contribution is -2.54. The van der Waals surface area contributed by atoms with Crippen molar-refractivity contribution >= 4 is 5.91 Å².